The van der Waals surface area contributed by atoms with Gasteiger partial charge in [-0.2, -0.15) is 13.2 Å². The third-order valence-corrected chi connectivity index (χ3v) is 4.35. The van der Waals surface area contributed by atoms with Gasteiger partial charge in [0.2, 0.25) is 5.95 Å². The summed E-state index contributed by atoms with van der Waals surface area (Å²) in [5.41, 5.74) is -0.776. The van der Waals surface area contributed by atoms with Crippen molar-refractivity contribution in [1.29, 1.82) is 0 Å². The van der Waals surface area contributed by atoms with Crippen LogP contribution in [-0.2, 0) is 6.18 Å². The van der Waals surface area contributed by atoms with Crippen molar-refractivity contribution in [3.8, 4) is 5.75 Å². The van der Waals surface area contributed by atoms with E-state index in [4.69, 9.17) is 9.84 Å². The van der Waals surface area contributed by atoms with Crippen LogP contribution in [0.15, 0.2) is 24.3 Å². The van der Waals surface area contributed by atoms with Crippen LogP contribution in [0.4, 0.5) is 23.5 Å². The number of anilines is 1. The smallest absolute Gasteiger partial charge is 0.420 e. The molecule has 6 nitrogen and oxygen atoms in total. The highest BCUT2D eigenvalue weighted by atomic mass is 19.4. The summed E-state index contributed by atoms with van der Waals surface area (Å²) in [6.07, 6.45) is -4.11. The van der Waals surface area contributed by atoms with Crippen LogP contribution in [0, 0.1) is 18.7 Å². The highest BCUT2D eigenvalue weighted by Crippen LogP contribution is 2.37. The van der Waals surface area contributed by atoms with Gasteiger partial charge in [0.15, 0.2) is 5.69 Å². The van der Waals surface area contributed by atoms with Gasteiger partial charge in [-0.25, -0.2) is 19.2 Å². The van der Waals surface area contributed by atoms with Gasteiger partial charge >= 0.3 is 12.1 Å². The number of ether oxygens (including phenoxy) is 1. The maximum absolute atomic E-state index is 13.2. The molecule has 1 aromatic carbocycles. The molecule has 1 aliphatic heterocycles. The van der Waals surface area contributed by atoms with E-state index in [-0.39, 0.29) is 24.2 Å². The molecule has 10 heteroatoms. The molecule has 2 heterocycles. The van der Waals surface area contributed by atoms with Crippen LogP contribution in [0.3, 0.4) is 0 Å². The summed E-state index contributed by atoms with van der Waals surface area (Å²) in [7, 11) is 0. The molecule has 0 radical (unpaired) electrons. The fourth-order valence-electron chi connectivity index (χ4n) is 3.01. The van der Waals surface area contributed by atoms with E-state index in [2.05, 4.69) is 9.97 Å². The lowest BCUT2D eigenvalue weighted by Gasteiger charge is -2.18. The monoisotopic (exact) mass is 399 g/mol. The largest absolute Gasteiger partial charge is 0.493 e. The minimum absolute atomic E-state index is 0.00279. The molecule has 150 valence electrons. The Hall–Kier alpha value is -2.91. The fourth-order valence-corrected chi connectivity index (χ4v) is 3.01. The number of rotatable bonds is 5. The third-order valence-electron chi connectivity index (χ3n) is 4.35. The molecule has 0 saturated carbocycles. The molecule has 1 aliphatic rings. The van der Waals surface area contributed by atoms with Gasteiger partial charge < -0.3 is 14.7 Å². The minimum atomic E-state index is -4.72. The van der Waals surface area contributed by atoms with Gasteiger partial charge in [-0.1, -0.05) is 0 Å². The Balaban J connectivity index is 1.67. The molecule has 1 saturated heterocycles. The van der Waals surface area contributed by atoms with Crippen molar-refractivity contribution in [3.63, 3.8) is 0 Å². The first-order chi connectivity index (χ1) is 13.1. The molecule has 1 N–H and O–H groups in total. The number of aromatic nitrogens is 2. The number of aryl methyl sites for hydroxylation is 1. The van der Waals surface area contributed by atoms with Gasteiger partial charge in [-0.15, -0.1) is 0 Å². The molecule has 1 atom stereocenters. The zero-order valence-corrected chi connectivity index (χ0v) is 14.8. The molecular weight excluding hydrogens is 382 g/mol. The first kappa shape index (κ1) is 19.8. The number of hydrogen-bond donors (Lipinski definition) is 1. The summed E-state index contributed by atoms with van der Waals surface area (Å²) in [6.45, 7) is 2.58. The predicted molar refractivity (Wildman–Crippen MR) is 90.9 cm³/mol. The number of carbonyl (C=O) groups is 1. The van der Waals surface area contributed by atoms with Crippen LogP contribution in [0.2, 0.25) is 0 Å². The van der Waals surface area contributed by atoms with Crippen molar-refractivity contribution in [1.82, 2.24) is 9.97 Å². The quantitative estimate of drug-likeness (QED) is 0.775. The third kappa shape index (κ3) is 4.49. The molecule has 0 unspecified atom stereocenters. The predicted octanol–water partition coefficient (Wildman–Crippen LogP) is 3.55. The molecular formula is C18H17F4N3O3. The lowest BCUT2D eigenvalue weighted by molar-refractivity contribution is -0.139. The molecule has 0 spiro atoms. The summed E-state index contributed by atoms with van der Waals surface area (Å²) in [5.74, 6) is -2.42. The minimum Gasteiger partial charge on any atom is -0.493 e. The van der Waals surface area contributed by atoms with Crippen molar-refractivity contribution in [3.05, 3.63) is 47.0 Å². The maximum Gasteiger partial charge on any atom is 0.420 e. The van der Waals surface area contributed by atoms with Crippen LogP contribution in [0.1, 0.15) is 28.2 Å². The Kier molecular flexibility index (Phi) is 5.39. The van der Waals surface area contributed by atoms with E-state index in [0.29, 0.717) is 31.3 Å². The van der Waals surface area contributed by atoms with Crippen molar-refractivity contribution in [2.75, 3.05) is 24.6 Å². The van der Waals surface area contributed by atoms with E-state index in [9.17, 15) is 22.4 Å². The van der Waals surface area contributed by atoms with Gasteiger partial charge in [0.25, 0.3) is 0 Å². The highest BCUT2D eigenvalue weighted by molar-refractivity contribution is 5.85. The number of halogens is 4. The van der Waals surface area contributed by atoms with Crippen molar-refractivity contribution < 1.29 is 32.2 Å². The Labute approximate surface area is 157 Å². The lowest BCUT2D eigenvalue weighted by Crippen LogP contribution is -2.25. The molecule has 1 fully saturated rings. The summed E-state index contributed by atoms with van der Waals surface area (Å²) < 4.78 is 57.6. The number of aromatic carboxylic acids is 1. The normalized spacial score (nSPS) is 17.0. The zero-order chi connectivity index (χ0) is 20.5. The van der Waals surface area contributed by atoms with E-state index in [0.717, 1.165) is 12.1 Å². The lowest BCUT2D eigenvalue weighted by atomic mass is 10.1. The Morgan fingerprint density at radius 2 is 2.07 bits per heavy atom. The van der Waals surface area contributed by atoms with Crippen LogP contribution in [0.25, 0.3) is 0 Å². The summed E-state index contributed by atoms with van der Waals surface area (Å²) in [5, 5.41) is 9.10. The van der Waals surface area contributed by atoms with E-state index in [1.807, 2.05) is 0 Å². The zero-order valence-electron chi connectivity index (χ0n) is 14.8. The first-order valence-corrected chi connectivity index (χ1v) is 8.47. The van der Waals surface area contributed by atoms with E-state index in [1.165, 1.54) is 6.07 Å². The van der Waals surface area contributed by atoms with Gasteiger partial charge in [-0.05, 0) is 37.6 Å². The van der Waals surface area contributed by atoms with Gasteiger partial charge in [0.05, 0.1) is 6.61 Å². The van der Waals surface area contributed by atoms with E-state index in [1.54, 1.807) is 11.8 Å². The Bertz CT molecular complexity index is 889. The number of nitrogens with zero attached hydrogens (tertiary/aromatic N) is 3. The number of carboxylic acids is 1. The fraction of sp³-hybridized carbons (Fsp3) is 0.389. The molecule has 2 aromatic rings. The molecule has 3 rings (SSSR count). The van der Waals surface area contributed by atoms with Gasteiger partial charge in [-0.3, -0.25) is 0 Å². The standard InChI is InChI=1S/C18H17F4N3O3/c1-10-6-14(16(26)27)24-17(23-10)25-5-4-11(8-25)9-28-15-3-2-12(19)7-13(15)18(20,21)22/h2-3,6-7,11H,4-5,8-9H2,1H3,(H,26,27)/t11-/m0/s1. The topological polar surface area (TPSA) is 75.5 Å². The van der Waals surface area contributed by atoms with Crippen LogP contribution in [-0.4, -0.2) is 40.7 Å². The van der Waals surface area contributed by atoms with Crippen molar-refractivity contribution >= 4 is 11.9 Å². The van der Waals surface area contributed by atoms with Crippen LogP contribution < -0.4 is 9.64 Å². The Morgan fingerprint density at radius 1 is 1.32 bits per heavy atom. The molecule has 1 aromatic heterocycles. The number of carboxylic acid groups (broad SMARTS) is 1. The van der Waals surface area contributed by atoms with Crippen LogP contribution in [0.5, 0.6) is 5.75 Å². The summed E-state index contributed by atoms with van der Waals surface area (Å²) >= 11 is 0. The molecule has 0 amide bonds. The summed E-state index contributed by atoms with van der Waals surface area (Å²) in [4.78, 5) is 21.1. The SMILES string of the molecule is Cc1cc(C(=O)O)nc(N2CC[C@H](COc3ccc(F)cc3C(F)(F)F)C2)n1. The second kappa shape index (κ2) is 7.61. The second-order valence-corrected chi connectivity index (χ2v) is 6.55. The molecule has 0 aliphatic carbocycles. The average Bonchev–Trinajstić information content (AvgIpc) is 3.08. The molecule has 0 bridgehead atoms. The van der Waals surface area contributed by atoms with Gasteiger partial charge in [0, 0.05) is 24.7 Å². The van der Waals surface area contributed by atoms with E-state index >= 15 is 0 Å². The summed E-state index contributed by atoms with van der Waals surface area (Å²) in [6, 6.07) is 3.65. The van der Waals surface area contributed by atoms with Crippen molar-refractivity contribution in [2.24, 2.45) is 5.92 Å². The van der Waals surface area contributed by atoms with Crippen molar-refractivity contribution in [2.45, 2.75) is 19.5 Å². The number of benzene rings is 1. The number of hydrogen-bond acceptors (Lipinski definition) is 5. The maximum atomic E-state index is 13.2. The average molecular weight is 399 g/mol. The first-order valence-electron chi connectivity index (χ1n) is 8.47. The van der Waals surface area contributed by atoms with Gasteiger partial charge in [0.1, 0.15) is 17.1 Å². The molecule has 28 heavy (non-hydrogen) atoms. The number of alkyl halides is 3. The Morgan fingerprint density at radius 3 is 2.75 bits per heavy atom. The van der Waals surface area contributed by atoms with E-state index < -0.39 is 29.3 Å². The second-order valence-electron chi connectivity index (χ2n) is 6.55. The van der Waals surface area contributed by atoms with Crippen LogP contribution >= 0.6 is 0 Å². The highest BCUT2D eigenvalue weighted by Gasteiger charge is 2.35.